The van der Waals surface area contributed by atoms with E-state index in [0.717, 1.165) is 41.6 Å². The van der Waals surface area contributed by atoms with Gasteiger partial charge in [0.1, 0.15) is 0 Å². The smallest absolute Gasteiger partial charge is 0.0991 e. The number of rotatable bonds is 3. The van der Waals surface area contributed by atoms with Crippen LogP contribution in [-0.4, -0.2) is 4.57 Å². The van der Waals surface area contributed by atoms with Gasteiger partial charge in [-0.2, -0.15) is 10.5 Å². The summed E-state index contributed by atoms with van der Waals surface area (Å²) in [6.45, 7) is 0. The van der Waals surface area contributed by atoms with Crippen LogP contribution in [0.15, 0.2) is 139 Å². The van der Waals surface area contributed by atoms with Gasteiger partial charge in [0.2, 0.25) is 0 Å². The van der Waals surface area contributed by atoms with Crippen LogP contribution in [0.25, 0.3) is 55.3 Å². The van der Waals surface area contributed by atoms with Crippen molar-refractivity contribution in [2.45, 2.75) is 19.3 Å². The van der Waals surface area contributed by atoms with Crippen LogP contribution in [0.5, 0.6) is 0 Å². The Kier molecular flexibility index (Phi) is 6.11. The van der Waals surface area contributed by atoms with E-state index in [2.05, 4.69) is 114 Å². The summed E-state index contributed by atoms with van der Waals surface area (Å²) < 4.78 is 2.28. The molecule has 2 aliphatic carbocycles. The molecule has 0 unspecified atom stereocenters. The molecular formula is C41H27N3. The number of hydrogen-bond donors (Lipinski definition) is 0. The number of hydrogen-bond acceptors (Lipinski definition) is 2. The van der Waals surface area contributed by atoms with Crippen molar-refractivity contribution >= 4 is 27.4 Å². The van der Waals surface area contributed by atoms with E-state index in [0.29, 0.717) is 5.56 Å². The molecule has 1 aromatic heterocycles. The zero-order valence-corrected chi connectivity index (χ0v) is 24.1. The second-order valence-electron chi connectivity index (χ2n) is 11.6. The lowest BCUT2D eigenvalue weighted by Crippen LogP contribution is -2.04. The lowest BCUT2D eigenvalue weighted by molar-refractivity contribution is 0.954. The van der Waals surface area contributed by atoms with Crippen LogP contribution in [0, 0.1) is 22.7 Å². The van der Waals surface area contributed by atoms with E-state index in [1.54, 1.807) is 0 Å². The van der Waals surface area contributed by atoms with Crippen LogP contribution in [0.1, 0.15) is 29.5 Å². The average molecular weight is 562 g/mol. The van der Waals surface area contributed by atoms with Crippen molar-refractivity contribution in [2.75, 3.05) is 0 Å². The Morgan fingerprint density at radius 2 is 1.36 bits per heavy atom. The van der Waals surface area contributed by atoms with Gasteiger partial charge in [0.15, 0.2) is 0 Å². The van der Waals surface area contributed by atoms with Crippen molar-refractivity contribution in [3.8, 4) is 40.1 Å². The third-order valence-corrected chi connectivity index (χ3v) is 9.00. The van der Waals surface area contributed by atoms with Gasteiger partial charge in [0.25, 0.3) is 0 Å². The van der Waals surface area contributed by atoms with Crippen molar-refractivity contribution in [3.63, 3.8) is 0 Å². The minimum atomic E-state index is 0.658. The van der Waals surface area contributed by atoms with Gasteiger partial charge in [0, 0.05) is 22.0 Å². The van der Waals surface area contributed by atoms with Crippen molar-refractivity contribution in [1.82, 2.24) is 4.57 Å². The van der Waals surface area contributed by atoms with E-state index in [4.69, 9.17) is 0 Å². The monoisotopic (exact) mass is 561 g/mol. The van der Waals surface area contributed by atoms with Gasteiger partial charge in [-0.05, 0) is 118 Å². The lowest BCUT2D eigenvalue weighted by Gasteiger charge is -2.24. The quantitative estimate of drug-likeness (QED) is 0.216. The second kappa shape index (κ2) is 10.4. The molecule has 3 nitrogen and oxygen atoms in total. The maximum absolute atomic E-state index is 9.29. The fourth-order valence-electron chi connectivity index (χ4n) is 6.79. The number of nitrogens with zero attached hydrogens (tertiary/aromatic N) is 3. The minimum absolute atomic E-state index is 0.658. The molecule has 1 heterocycles. The highest BCUT2D eigenvalue weighted by Crippen LogP contribution is 2.42. The van der Waals surface area contributed by atoms with E-state index in [9.17, 15) is 10.5 Å². The third-order valence-electron chi connectivity index (χ3n) is 9.00. The van der Waals surface area contributed by atoms with Crippen LogP contribution in [0.2, 0.25) is 0 Å². The first kappa shape index (κ1) is 25.8. The molecule has 8 rings (SSSR count). The predicted molar refractivity (Wildman–Crippen MR) is 179 cm³/mol. The molecule has 0 spiro atoms. The summed E-state index contributed by atoms with van der Waals surface area (Å²) in [5, 5.41) is 20.9. The maximum Gasteiger partial charge on any atom is 0.0991 e. The van der Waals surface area contributed by atoms with Crippen LogP contribution < -0.4 is 0 Å². The maximum atomic E-state index is 9.29. The molecule has 0 atom stereocenters. The summed E-state index contributed by atoms with van der Waals surface area (Å²) in [6, 6.07) is 43.2. The molecule has 3 heteroatoms. The lowest BCUT2D eigenvalue weighted by atomic mass is 9.80. The fourth-order valence-corrected chi connectivity index (χ4v) is 6.79. The fraction of sp³-hybridized carbons (Fsp3) is 0.0732. The topological polar surface area (TPSA) is 52.5 Å². The summed E-state index contributed by atoms with van der Waals surface area (Å²) in [5.41, 5.74) is 15.0. The number of para-hydroxylation sites is 1. The van der Waals surface area contributed by atoms with E-state index >= 15 is 0 Å². The molecule has 0 radical (unpaired) electrons. The Balaban J connectivity index is 1.22. The van der Waals surface area contributed by atoms with Gasteiger partial charge in [-0.15, -0.1) is 0 Å². The summed E-state index contributed by atoms with van der Waals surface area (Å²) in [4.78, 5) is 0. The molecular weight excluding hydrogens is 534 g/mol. The third kappa shape index (κ3) is 4.27. The summed E-state index contributed by atoms with van der Waals surface area (Å²) in [5.74, 6) is 0. The first-order valence-corrected chi connectivity index (χ1v) is 15.0. The first-order chi connectivity index (χ1) is 21.7. The highest BCUT2D eigenvalue weighted by atomic mass is 15.0. The summed E-state index contributed by atoms with van der Waals surface area (Å²) in [7, 11) is 0. The highest BCUT2D eigenvalue weighted by Gasteiger charge is 2.21. The van der Waals surface area contributed by atoms with E-state index in [1.165, 1.54) is 55.3 Å². The summed E-state index contributed by atoms with van der Waals surface area (Å²) >= 11 is 0. The number of fused-ring (bicyclic) bond motifs is 6. The number of aromatic nitrogens is 1. The molecule has 0 amide bonds. The van der Waals surface area contributed by atoms with Crippen molar-refractivity contribution in [3.05, 3.63) is 155 Å². The van der Waals surface area contributed by atoms with Gasteiger partial charge in [-0.3, -0.25) is 0 Å². The molecule has 206 valence electrons. The first-order valence-electron chi connectivity index (χ1n) is 15.0. The van der Waals surface area contributed by atoms with Crippen molar-refractivity contribution in [2.24, 2.45) is 0 Å². The zero-order chi connectivity index (χ0) is 29.6. The molecule has 0 fully saturated rings. The van der Waals surface area contributed by atoms with Gasteiger partial charge in [-0.25, -0.2) is 0 Å². The van der Waals surface area contributed by atoms with E-state index in [-0.39, 0.29) is 0 Å². The zero-order valence-electron chi connectivity index (χ0n) is 24.1. The molecule has 5 aromatic carbocycles. The van der Waals surface area contributed by atoms with Crippen molar-refractivity contribution < 1.29 is 0 Å². The second-order valence-corrected chi connectivity index (χ2v) is 11.6. The van der Waals surface area contributed by atoms with Gasteiger partial charge < -0.3 is 4.57 Å². The van der Waals surface area contributed by atoms with Crippen LogP contribution in [0.3, 0.4) is 0 Å². The van der Waals surface area contributed by atoms with Crippen LogP contribution in [-0.2, 0) is 6.42 Å². The Morgan fingerprint density at radius 3 is 2.16 bits per heavy atom. The van der Waals surface area contributed by atoms with Crippen molar-refractivity contribution in [1.29, 1.82) is 10.5 Å². The Bertz CT molecular complexity index is 2310. The molecule has 0 aliphatic heterocycles. The molecule has 0 saturated heterocycles. The van der Waals surface area contributed by atoms with Gasteiger partial charge >= 0.3 is 0 Å². The average Bonchev–Trinajstić information content (AvgIpc) is 3.42. The normalized spacial score (nSPS) is 14.8. The van der Waals surface area contributed by atoms with Crippen LogP contribution in [0.4, 0.5) is 0 Å². The molecule has 6 aromatic rings. The standard InChI is InChI=1S/C41H27N3/c42-25-28-11-9-27(10-12-28)21-33-22-32-16-15-30(23-38(32)36-6-2-1-5-35(33)36)31-17-20-41-39(24-31)37-7-3-4-8-40(37)44(41)34-18-13-29(26-43)14-19-34/h1-9,11,13-21,23-24H,10,12,22H2/b33-21-. The van der Waals surface area contributed by atoms with E-state index < -0.39 is 0 Å². The van der Waals surface area contributed by atoms with Gasteiger partial charge in [-0.1, -0.05) is 72.8 Å². The molecule has 2 aliphatic rings. The molecule has 0 saturated carbocycles. The SMILES string of the molecule is N#CC1=CC=C(/C=C2/Cc3ccc(-c4ccc5c(c4)c4ccccc4n5-c4ccc(C#N)cc4)cc3-c3ccccc32)CC1. The summed E-state index contributed by atoms with van der Waals surface area (Å²) in [6.07, 6.45) is 8.99. The van der Waals surface area contributed by atoms with Gasteiger partial charge in [0.05, 0.1) is 28.7 Å². The molecule has 0 bridgehead atoms. The largest absolute Gasteiger partial charge is 0.309 e. The Labute approximate surface area is 256 Å². The van der Waals surface area contributed by atoms with E-state index in [1.807, 2.05) is 30.3 Å². The Morgan fingerprint density at radius 1 is 0.614 bits per heavy atom. The number of benzene rings is 5. The number of allylic oxidation sites excluding steroid dienone is 6. The number of nitriles is 2. The highest BCUT2D eigenvalue weighted by molar-refractivity contribution is 6.10. The molecule has 0 N–H and O–H groups in total. The Hall–Kier alpha value is -5.90. The molecule has 44 heavy (non-hydrogen) atoms. The predicted octanol–water partition coefficient (Wildman–Crippen LogP) is 10.1. The van der Waals surface area contributed by atoms with Crippen LogP contribution >= 0.6 is 0 Å². The minimum Gasteiger partial charge on any atom is -0.309 e.